The predicted molar refractivity (Wildman–Crippen MR) is 86.7 cm³/mol. The van der Waals surface area contributed by atoms with Gasteiger partial charge in [-0.1, -0.05) is 0 Å². The summed E-state index contributed by atoms with van der Waals surface area (Å²) >= 11 is 0. The smallest absolute Gasteiger partial charge is 0.271 e. The van der Waals surface area contributed by atoms with Crippen LogP contribution in [0.15, 0.2) is 30.3 Å². The molecule has 1 aliphatic heterocycles. The van der Waals surface area contributed by atoms with Gasteiger partial charge in [0.2, 0.25) is 5.91 Å². The van der Waals surface area contributed by atoms with Gasteiger partial charge in [0.25, 0.3) is 5.91 Å². The molecule has 2 aromatic rings. The maximum Gasteiger partial charge on any atom is 0.271 e. The Balaban J connectivity index is 1.66. The topological polar surface area (TPSA) is 78.1 Å². The van der Waals surface area contributed by atoms with Gasteiger partial charge in [-0.3, -0.25) is 14.7 Å². The molecule has 1 aromatic carbocycles. The highest BCUT2D eigenvalue weighted by atomic mass is 19.1. The van der Waals surface area contributed by atoms with Crippen LogP contribution in [-0.4, -0.2) is 47.0 Å². The van der Waals surface area contributed by atoms with Crippen LogP contribution in [0.25, 0.3) is 11.3 Å². The monoisotopic (exact) mass is 330 g/mol. The largest absolute Gasteiger partial charge is 0.359 e. The first-order chi connectivity index (χ1) is 11.6. The van der Waals surface area contributed by atoms with Gasteiger partial charge < -0.3 is 10.2 Å². The lowest BCUT2D eigenvalue weighted by Gasteiger charge is -2.30. The molecular formula is C17H19FN4O2. The number of nitrogens with one attached hydrogen (secondary N) is 2. The van der Waals surface area contributed by atoms with E-state index in [-0.39, 0.29) is 23.5 Å². The predicted octanol–water partition coefficient (Wildman–Crippen LogP) is 1.81. The van der Waals surface area contributed by atoms with Crippen molar-refractivity contribution in [2.45, 2.75) is 12.8 Å². The van der Waals surface area contributed by atoms with Crippen LogP contribution in [0, 0.1) is 11.7 Å². The molecule has 0 bridgehead atoms. The standard InChI is InChI=1S/C17H19FN4O2/c1-19-16(23)12-6-8-22(9-7-12)17(24)15-10-14(20-21-15)11-2-4-13(18)5-3-11/h2-5,10,12H,6-9H2,1H3,(H,19,23)(H,20,21). The van der Waals surface area contributed by atoms with Crippen LogP contribution in [-0.2, 0) is 4.79 Å². The van der Waals surface area contributed by atoms with E-state index in [2.05, 4.69) is 15.5 Å². The Morgan fingerprint density at radius 2 is 1.92 bits per heavy atom. The molecule has 24 heavy (non-hydrogen) atoms. The van der Waals surface area contributed by atoms with Gasteiger partial charge in [-0.15, -0.1) is 0 Å². The van der Waals surface area contributed by atoms with Crippen LogP contribution in [0.5, 0.6) is 0 Å². The number of aromatic nitrogens is 2. The Bertz CT molecular complexity index is 733. The average molecular weight is 330 g/mol. The van der Waals surface area contributed by atoms with E-state index >= 15 is 0 Å². The summed E-state index contributed by atoms with van der Waals surface area (Å²) in [6, 6.07) is 7.62. The zero-order chi connectivity index (χ0) is 17.1. The molecule has 126 valence electrons. The summed E-state index contributed by atoms with van der Waals surface area (Å²) in [6.07, 6.45) is 1.31. The van der Waals surface area contributed by atoms with E-state index in [1.54, 1.807) is 30.1 Å². The molecular weight excluding hydrogens is 311 g/mol. The van der Waals surface area contributed by atoms with Crippen molar-refractivity contribution in [3.8, 4) is 11.3 Å². The number of piperidine rings is 1. The van der Waals surface area contributed by atoms with Crippen molar-refractivity contribution in [3.63, 3.8) is 0 Å². The molecule has 2 N–H and O–H groups in total. The molecule has 1 saturated heterocycles. The van der Waals surface area contributed by atoms with E-state index in [9.17, 15) is 14.0 Å². The fraction of sp³-hybridized carbons (Fsp3) is 0.353. The molecule has 1 aromatic heterocycles. The van der Waals surface area contributed by atoms with E-state index in [0.717, 1.165) is 5.56 Å². The summed E-state index contributed by atoms with van der Waals surface area (Å²) in [5, 5.41) is 9.53. The van der Waals surface area contributed by atoms with Crippen LogP contribution in [0.3, 0.4) is 0 Å². The second kappa shape index (κ2) is 6.82. The molecule has 0 atom stereocenters. The number of hydrogen-bond acceptors (Lipinski definition) is 3. The lowest BCUT2D eigenvalue weighted by Crippen LogP contribution is -2.42. The second-order valence-corrected chi connectivity index (χ2v) is 5.85. The number of likely N-dealkylation sites (tertiary alicyclic amines) is 1. The van der Waals surface area contributed by atoms with Gasteiger partial charge in [0.05, 0.1) is 5.69 Å². The molecule has 3 rings (SSSR count). The van der Waals surface area contributed by atoms with Gasteiger partial charge in [0, 0.05) is 31.6 Å². The fourth-order valence-electron chi connectivity index (χ4n) is 2.92. The molecule has 0 saturated carbocycles. The minimum Gasteiger partial charge on any atom is -0.359 e. The van der Waals surface area contributed by atoms with Crippen molar-refractivity contribution in [1.82, 2.24) is 20.4 Å². The Kier molecular flexibility index (Phi) is 4.59. The van der Waals surface area contributed by atoms with E-state index in [1.165, 1.54) is 12.1 Å². The van der Waals surface area contributed by atoms with E-state index in [1.807, 2.05) is 0 Å². The van der Waals surface area contributed by atoms with Crippen LogP contribution in [0.4, 0.5) is 4.39 Å². The Morgan fingerprint density at radius 3 is 2.54 bits per heavy atom. The molecule has 2 amide bonds. The van der Waals surface area contributed by atoms with Crippen LogP contribution in [0.2, 0.25) is 0 Å². The molecule has 0 spiro atoms. The van der Waals surface area contributed by atoms with Crippen molar-refractivity contribution >= 4 is 11.8 Å². The number of hydrogen-bond donors (Lipinski definition) is 2. The Hall–Kier alpha value is -2.70. The third-order valence-electron chi connectivity index (χ3n) is 4.35. The average Bonchev–Trinajstić information content (AvgIpc) is 3.11. The second-order valence-electron chi connectivity index (χ2n) is 5.85. The Labute approximate surface area is 139 Å². The molecule has 6 nitrogen and oxygen atoms in total. The fourth-order valence-corrected chi connectivity index (χ4v) is 2.92. The highest BCUT2D eigenvalue weighted by Gasteiger charge is 2.28. The number of carbonyl (C=O) groups is 2. The Morgan fingerprint density at radius 1 is 1.25 bits per heavy atom. The zero-order valence-electron chi connectivity index (χ0n) is 13.4. The van der Waals surface area contributed by atoms with Gasteiger partial charge in [-0.2, -0.15) is 5.10 Å². The molecule has 0 unspecified atom stereocenters. The summed E-state index contributed by atoms with van der Waals surface area (Å²) in [7, 11) is 1.63. The number of nitrogens with zero attached hydrogens (tertiary/aromatic N) is 2. The molecule has 0 aliphatic carbocycles. The lowest BCUT2D eigenvalue weighted by molar-refractivity contribution is -0.125. The molecule has 1 fully saturated rings. The van der Waals surface area contributed by atoms with Crippen molar-refractivity contribution < 1.29 is 14.0 Å². The first-order valence-electron chi connectivity index (χ1n) is 7.90. The number of benzene rings is 1. The minimum absolute atomic E-state index is 0.0298. The van der Waals surface area contributed by atoms with Crippen molar-refractivity contribution in [1.29, 1.82) is 0 Å². The minimum atomic E-state index is -0.315. The van der Waals surface area contributed by atoms with Crippen molar-refractivity contribution in [3.05, 3.63) is 41.8 Å². The molecule has 2 heterocycles. The van der Waals surface area contributed by atoms with Gasteiger partial charge in [-0.25, -0.2) is 4.39 Å². The molecule has 1 aliphatic rings. The van der Waals surface area contributed by atoms with E-state index < -0.39 is 0 Å². The SMILES string of the molecule is CNC(=O)C1CCN(C(=O)c2cc(-c3ccc(F)cc3)n[nH]2)CC1. The maximum atomic E-state index is 13.0. The number of halogens is 1. The third-order valence-corrected chi connectivity index (χ3v) is 4.35. The van der Waals surface area contributed by atoms with Crippen molar-refractivity contribution in [2.24, 2.45) is 5.92 Å². The van der Waals surface area contributed by atoms with Crippen molar-refractivity contribution in [2.75, 3.05) is 20.1 Å². The van der Waals surface area contributed by atoms with Gasteiger partial charge in [-0.05, 0) is 43.2 Å². The van der Waals surface area contributed by atoms with E-state index in [0.29, 0.717) is 37.3 Å². The molecule has 7 heteroatoms. The molecule has 0 radical (unpaired) electrons. The number of amides is 2. The first-order valence-corrected chi connectivity index (χ1v) is 7.90. The summed E-state index contributed by atoms with van der Waals surface area (Å²) < 4.78 is 13.0. The number of aromatic amines is 1. The normalized spacial score (nSPS) is 15.3. The summed E-state index contributed by atoms with van der Waals surface area (Å²) in [5.41, 5.74) is 1.73. The summed E-state index contributed by atoms with van der Waals surface area (Å²) in [5.74, 6) is -0.450. The summed E-state index contributed by atoms with van der Waals surface area (Å²) in [4.78, 5) is 25.9. The van der Waals surface area contributed by atoms with Crippen LogP contribution >= 0.6 is 0 Å². The first kappa shape index (κ1) is 16.2. The number of carbonyl (C=O) groups excluding carboxylic acids is 2. The third kappa shape index (κ3) is 3.29. The lowest BCUT2D eigenvalue weighted by atomic mass is 9.96. The maximum absolute atomic E-state index is 13.0. The van der Waals surface area contributed by atoms with Gasteiger partial charge in [0.1, 0.15) is 11.5 Å². The number of H-pyrrole nitrogens is 1. The van der Waals surface area contributed by atoms with Gasteiger partial charge >= 0.3 is 0 Å². The van der Waals surface area contributed by atoms with Crippen LogP contribution < -0.4 is 5.32 Å². The quantitative estimate of drug-likeness (QED) is 0.901. The van der Waals surface area contributed by atoms with Crippen LogP contribution in [0.1, 0.15) is 23.3 Å². The van der Waals surface area contributed by atoms with E-state index in [4.69, 9.17) is 0 Å². The van der Waals surface area contributed by atoms with Gasteiger partial charge in [0.15, 0.2) is 0 Å². The highest BCUT2D eigenvalue weighted by molar-refractivity contribution is 5.93. The summed E-state index contributed by atoms with van der Waals surface area (Å²) in [6.45, 7) is 1.09. The zero-order valence-corrected chi connectivity index (χ0v) is 13.4. The number of rotatable bonds is 3. The highest BCUT2D eigenvalue weighted by Crippen LogP contribution is 2.21.